The number of rotatable bonds is 10. The molecule has 2 aromatic heterocycles. The topological polar surface area (TPSA) is 81.9 Å². The predicted octanol–water partition coefficient (Wildman–Crippen LogP) is 6.87. The summed E-state index contributed by atoms with van der Waals surface area (Å²) in [7, 11) is 0. The summed E-state index contributed by atoms with van der Waals surface area (Å²) in [6.07, 6.45) is 1.42. The van der Waals surface area contributed by atoms with E-state index in [1.165, 1.54) is 23.1 Å². The molecule has 0 aliphatic rings. The second kappa shape index (κ2) is 11.9. The van der Waals surface area contributed by atoms with E-state index >= 15 is 0 Å². The molecule has 180 valence electrons. The third-order valence-electron chi connectivity index (χ3n) is 4.77. The minimum atomic E-state index is -0.339. The van der Waals surface area contributed by atoms with Crippen LogP contribution in [0, 0.1) is 0 Å². The van der Waals surface area contributed by atoms with Crippen LogP contribution in [0.1, 0.15) is 18.9 Å². The number of nitrogens with one attached hydrogen (secondary N) is 1. The van der Waals surface area contributed by atoms with E-state index in [9.17, 15) is 4.79 Å². The Labute approximate surface area is 224 Å². The Kier molecular flexibility index (Phi) is 8.61. The summed E-state index contributed by atoms with van der Waals surface area (Å²) >= 11 is 12.0. The van der Waals surface area contributed by atoms with Crippen LogP contribution in [0.4, 0.5) is 5.13 Å². The largest absolute Gasteiger partial charge is 0.483 e. The van der Waals surface area contributed by atoms with Crippen LogP contribution >= 0.6 is 50.6 Å². The first kappa shape index (κ1) is 25.4. The van der Waals surface area contributed by atoms with Crippen molar-refractivity contribution in [2.75, 3.05) is 11.1 Å². The van der Waals surface area contributed by atoms with Gasteiger partial charge >= 0.3 is 0 Å². The number of thioether (sulfide) groups is 1. The number of thiazole rings is 1. The van der Waals surface area contributed by atoms with Crippen molar-refractivity contribution in [3.05, 3.63) is 81.9 Å². The van der Waals surface area contributed by atoms with Crippen LogP contribution in [-0.4, -0.2) is 31.4 Å². The van der Waals surface area contributed by atoms with E-state index < -0.39 is 0 Å². The lowest BCUT2D eigenvalue weighted by molar-refractivity contribution is -0.113. The van der Waals surface area contributed by atoms with Gasteiger partial charge in [-0.2, -0.15) is 0 Å². The van der Waals surface area contributed by atoms with E-state index in [1.807, 2.05) is 65.4 Å². The van der Waals surface area contributed by atoms with Crippen molar-refractivity contribution in [1.82, 2.24) is 19.7 Å². The van der Waals surface area contributed by atoms with Gasteiger partial charge in [0.25, 0.3) is 0 Å². The van der Waals surface area contributed by atoms with Gasteiger partial charge in [-0.1, -0.05) is 57.5 Å². The van der Waals surface area contributed by atoms with E-state index in [2.05, 4.69) is 43.0 Å². The van der Waals surface area contributed by atoms with Crippen LogP contribution < -0.4 is 10.1 Å². The van der Waals surface area contributed by atoms with E-state index in [1.54, 1.807) is 6.08 Å². The van der Waals surface area contributed by atoms with E-state index in [0.29, 0.717) is 27.7 Å². The Morgan fingerprint density at radius 2 is 2.00 bits per heavy atom. The normalized spacial score (nSPS) is 11.7. The average Bonchev–Trinajstić information content (AvgIpc) is 3.47. The van der Waals surface area contributed by atoms with Crippen molar-refractivity contribution in [3.63, 3.8) is 0 Å². The van der Waals surface area contributed by atoms with Gasteiger partial charge in [0.05, 0.1) is 11.4 Å². The molecule has 0 saturated carbocycles. The van der Waals surface area contributed by atoms with E-state index in [0.717, 1.165) is 21.5 Å². The number of ether oxygens (including phenoxy) is 1. The van der Waals surface area contributed by atoms with Crippen LogP contribution in [0.2, 0.25) is 5.02 Å². The zero-order valence-electron chi connectivity index (χ0n) is 18.6. The molecule has 1 N–H and O–H groups in total. The lowest BCUT2D eigenvalue weighted by Gasteiger charge is -2.15. The summed E-state index contributed by atoms with van der Waals surface area (Å²) in [5.74, 6) is 1.36. The molecule has 4 rings (SSSR count). The molecular weight excluding hydrogens is 570 g/mol. The maximum Gasteiger partial charge on any atom is 0.236 e. The van der Waals surface area contributed by atoms with Crippen LogP contribution in [0.15, 0.2) is 76.2 Å². The monoisotopic (exact) mass is 589 g/mol. The van der Waals surface area contributed by atoms with E-state index in [-0.39, 0.29) is 17.8 Å². The van der Waals surface area contributed by atoms with Gasteiger partial charge in [-0.25, -0.2) is 4.98 Å². The summed E-state index contributed by atoms with van der Waals surface area (Å²) in [6, 6.07) is 15.0. The van der Waals surface area contributed by atoms with Gasteiger partial charge in [0.15, 0.2) is 22.2 Å². The second-order valence-corrected chi connectivity index (χ2v) is 10.5. The molecule has 1 atom stereocenters. The Bertz CT molecular complexity index is 1310. The molecular formula is C24H21BrClN5O2S2. The summed E-state index contributed by atoms with van der Waals surface area (Å²) < 4.78 is 8.90. The number of carbonyl (C=O) groups excluding carboxylic acids is 1. The number of benzene rings is 2. The van der Waals surface area contributed by atoms with Crippen molar-refractivity contribution < 1.29 is 9.53 Å². The average molecular weight is 591 g/mol. The summed E-state index contributed by atoms with van der Waals surface area (Å²) in [6.45, 7) is 6.24. The highest BCUT2D eigenvalue weighted by atomic mass is 79.9. The number of nitrogens with zero attached hydrogens (tertiary/aromatic N) is 4. The van der Waals surface area contributed by atoms with Crippen LogP contribution in [-0.2, 0) is 11.3 Å². The highest BCUT2D eigenvalue weighted by Crippen LogP contribution is 2.28. The Hall–Kier alpha value is -2.66. The first-order valence-corrected chi connectivity index (χ1v) is 13.6. The molecule has 11 heteroatoms. The first-order valence-electron chi connectivity index (χ1n) is 10.5. The maximum absolute atomic E-state index is 12.6. The molecule has 4 aromatic rings. The molecule has 1 unspecified atom stereocenters. The standard InChI is InChI=1S/C24H21BrClN5O2S2/c1-3-12-31-22(15(2)33-19-10-6-17(25)7-11-19)29-30-24(31)35-14-21(32)28-23-27-20(13-34-23)16-4-8-18(26)9-5-16/h3-11,13,15H,1,12,14H2,2H3,(H,27,28,32). The molecule has 0 spiro atoms. The molecule has 1 amide bonds. The number of anilines is 1. The lowest BCUT2D eigenvalue weighted by atomic mass is 10.2. The summed E-state index contributed by atoms with van der Waals surface area (Å²) in [4.78, 5) is 17.1. The number of halogens is 2. The minimum Gasteiger partial charge on any atom is -0.483 e. The molecule has 0 aliphatic carbocycles. The zero-order valence-corrected chi connectivity index (χ0v) is 22.6. The molecule has 2 heterocycles. The van der Waals surface area contributed by atoms with Gasteiger partial charge in [0, 0.05) is 27.0 Å². The quantitative estimate of drug-likeness (QED) is 0.160. The molecule has 0 bridgehead atoms. The summed E-state index contributed by atoms with van der Waals surface area (Å²) in [5, 5.41) is 15.1. The number of carbonyl (C=O) groups is 1. The molecule has 0 radical (unpaired) electrons. The van der Waals surface area contributed by atoms with Gasteiger partial charge in [-0.3, -0.25) is 9.36 Å². The fourth-order valence-corrected chi connectivity index (χ4v) is 5.03. The van der Waals surface area contributed by atoms with Gasteiger partial charge in [-0.15, -0.1) is 28.1 Å². The van der Waals surface area contributed by atoms with Crippen molar-refractivity contribution >= 4 is 61.7 Å². The third kappa shape index (κ3) is 6.72. The molecule has 2 aromatic carbocycles. The Morgan fingerprint density at radius 1 is 1.26 bits per heavy atom. The first-order chi connectivity index (χ1) is 16.9. The second-order valence-electron chi connectivity index (χ2n) is 7.34. The van der Waals surface area contributed by atoms with Crippen molar-refractivity contribution in [3.8, 4) is 17.0 Å². The van der Waals surface area contributed by atoms with Crippen molar-refractivity contribution in [1.29, 1.82) is 0 Å². The molecule has 7 nitrogen and oxygen atoms in total. The Balaban J connectivity index is 1.38. The predicted molar refractivity (Wildman–Crippen MR) is 145 cm³/mol. The van der Waals surface area contributed by atoms with Crippen molar-refractivity contribution in [2.45, 2.75) is 24.7 Å². The fraction of sp³-hybridized carbons (Fsp3) is 0.167. The molecule has 0 fully saturated rings. The molecule has 0 aliphatic heterocycles. The van der Waals surface area contributed by atoms with Crippen molar-refractivity contribution in [2.24, 2.45) is 0 Å². The highest BCUT2D eigenvalue weighted by molar-refractivity contribution is 9.10. The highest BCUT2D eigenvalue weighted by Gasteiger charge is 2.20. The molecule has 35 heavy (non-hydrogen) atoms. The fourth-order valence-electron chi connectivity index (χ4n) is 3.15. The number of hydrogen-bond donors (Lipinski definition) is 1. The van der Waals surface area contributed by atoms with Crippen LogP contribution in [0.3, 0.4) is 0 Å². The number of hydrogen-bond acceptors (Lipinski definition) is 7. The number of amides is 1. The van der Waals surface area contributed by atoms with Gasteiger partial charge in [0.2, 0.25) is 5.91 Å². The van der Waals surface area contributed by atoms with E-state index in [4.69, 9.17) is 16.3 Å². The lowest BCUT2D eigenvalue weighted by Crippen LogP contribution is -2.15. The zero-order chi connectivity index (χ0) is 24.8. The third-order valence-corrected chi connectivity index (χ3v) is 7.28. The van der Waals surface area contributed by atoms with Gasteiger partial charge in [-0.05, 0) is 43.3 Å². The maximum atomic E-state index is 12.6. The number of allylic oxidation sites excluding steroid dienone is 1. The Morgan fingerprint density at radius 3 is 2.71 bits per heavy atom. The van der Waals surface area contributed by atoms with Gasteiger partial charge in [0.1, 0.15) is 5.75 Å². The van der Waals surface area contributed by atoms with Crippen LogP contribution in [0.5, 0.6) is 5.75 Å². The summed E-state index contributed by atoms with van der Waals surface area (Å²) in [5.41, 5.74) is 1.72. The SMILES string of the molecule is C=CCn1c(SCC(=O)Nc2nc(-c3ccc(Cl)cc3)cs2)nnc1C(C)Oc1ccc(Br)cc1. The molecule has 0 saturated heterocycles. The van der Waals surface area contributed by atoms with Crippen LogP contribution in [0.25, 0.3) is 11.3 Å². The van der Waals surface area contributed by atoms with Gasteiger partial charge < -0.3 is 10.1 Å². The minimum absolute atomic E-state index is 0.160. The smallest absolute Gasteiger partial charge is 0.236 e. The number of aromatic nitrogens is 4.